The number of piperazine rings is 1. The number of aryl methyl sites for hydroxylation is 1. The van der Waals surface area contributed by atoms with Crippen LogP contribution < -0.4 is 11.2 Å². The van der Waals surface area contributed by atoms with E-state index in [1.165, 1.54) is 17.9 Å². The molecule has 2 aromatic rings. The molecule has 0 spiro atoms. The second kappa shape index (κ2) is 7.93. The number of imidazole rings is 1. The van der Waals surface area contributed by atoms with Gasteiger partial charge in [0.15, 0.2) is 11.2 Å². The second-order valence-electron chi connectivity index (χ2n) is 7.38. The van der Waals surface area contributed by atoms with Crippen LogP contribution in [-0.2, 0) is 20.6 Å². The quantitative estimate of drug-likeness (QED) is 0.585. The predicted molar refractivity (Wildman–Crippen MR) is 101 cm³/mol. The molecule has 2 N–H and O–H groups in total. The van der Waals surface area contributed by atoms with Crippen LogP contribution in [-0.4, -0.2) is 90.2 Å². The molecule has 0 amide bonds. The van der Waals surface area contributed by atoms with Gasteiger partial charge in [-0.15, -0.1) is 0 Å². The predicted octanol–water partition coefficient (Wildman–Crippen LogP) is -2.21. The van der Waals surface area contributed by atoms with Crippen LogP contribution in [0.25, 0.3) is 11.2 Å². The molecule has 3 heterocycles. The van der Waals surface area contributed by atoms with Gasteiger partial charge < -0.3 is 14.8 Å². The third-order valence-electron chi connectivity index (χ3n) is 5.08. The summed E-state index contributed by atoms with van der Waals surface area (Å²) >= 11 is 0. The van der Waals surface area contributed by atoms with Gasteiger partial charge in [-0.25, -0.2) is 9.78 Å². The van der Waals surface area contributed by atoms with Gasteiger partial charge in [-0.1, -0.05) is 0 Å². The van der Waals surface area contributed by atoms with Gasteiger partial charge in [0, 0.05) is 53.4 Å². The minimum absolute atomic E-state index is 0.234. The monoisotopic (exact) mass is 380 g/mol. The molecule has 0 aliphatic carbocycles. The number of aliphatic hydroxyl groups is 2. The number of nitrogens with zero attached hydrogens (tertiary/aromatic N) is 6. The third kappa shape index (κ3) is 4.13. The van der Waals surface area contributed by atoms with Gasteiger partial charge in [0.2, 0.25) is 0 Å². The lowest BCUT2D eigenvalue weighted by Gasteiger charge is -2.36. The zero-order valence-electron chi connectivity index (χ0n) is 16.1. The van der Waals surface area contributed by atoms with Gasteiger partial charge in [0.05, 0.1) is 25.1 Å². The number of β-amino-alcohol motifs (C(OH)–C–C–N with tert-alkyl or cyclic N) is 2. The standard InChI is InChI=1S/C17H28N6O4/c1-12(24)8-21-4-6-22(7-5-21)9-13(25)10-23-11-18-15-14(23)16(26)20(3)17(27)19(15)2/h11-13,24-25H,4-10H2,1-3H3. The zero-order chi connectivity index (χ0) is 19.7. The Labute approximate surface area is 156 Å². The second-order valence-corrected chi connectivity index (χ2v) is 7.38. The molecule has 0 bridgehead atoms. The van der Waals surface area contributed by atoms with Crippen molar-refractivity contribution in [2.75, 3.05) is 39.3 Å². The van der Waals surface area contributed by atoms with E-state index in [0.29, 0.717) is 24.3 Å². The summed E-state index contributed by atoms with van der Waals surface area (Å²) in [6, 6.07) is 0. The molecule has 2 atom stereocenters. The van der Waals surface area contributed by atoms with Crippen molar-refractivity contribution in [1.82, 2.24) is 28.5 Å². The molecule has 150 valence electrons. The first-order valence-corrected chi connectivity index (χ1v) is 9.19. The van der Waals surface area contributed by atoms with Crippen molar-refractivity contribution in [2.24, 2.45) is 14.1 Å². The smallest absolute Gasteiger partial charge is 0.332 e. The summed E-state index contributed by atoms with van der Waals surface area (Å²) in [4.78, 5) is 33.0. The fourth-order valence-electron chi connectivity index (χ4n) is 3.65. The molecule has 0 saturated carbocycles. The van der Waals surface area contributed by atoms with E-state index in [1.54, 1.807) is 18.5 Å². The highest BCUT2D eigenvalue weighted by molar-refractivity contribution is 5.69. The number of fused-ring (bicyclic) bond motifs is 1. The van der Waals surface area contributed by atoms with Crippen molar-refractivity contribution in [2.45, 2.75) is 25.7 Å². The number of aliphatic hydroxyl groups excluding tert-OH is 2. The molecular weight excluding hydrogens is 352 g/mol. The summed E-state index contributed by atoms with van der Waals surface area (Å²) in [6.45, 7) is 6.54. The molecule has 0 radical (unpaired) electrons. The number of hydrogen-bond acceptors (Lipinski definition) is 7. The van der Waals surface area contributed by atoms with E-state index in [-0.39, 0.29) is 12.6 Å². The lowest BCUT2D eigenvalue weighted by molar-refractivity contribution is 0.0481. The fourth-order valence-corrected chi connectivity index (χ4v) is 3.65. The summed E-state index contributed by atoms with van der Waals surface area (Å²) < 4.78 is 4.00. The van der Waals surface area contributed by atoms with Crippen LogP contribution in [0, 0.1) is 0 Å². The van der Waals surface area contributed by atoms with Crippen LogP contribution >= 0.6 is 0 Å². The molecule has 0 aromatic carbocycles. The van der Waals surface area contributed by atoms with Crippen molar-refractivity contribution >= 4 is 11.2 Å². The average Bonchev–Trinajstić information content (AvgIpc) is 3.03. The van der Waals surface area contributed by atoms with Gasteiger partial charge in [0.25, 0.3) is 5.56 Å². The molecule has 1 aliphatic heterocycles. The van der Waals surface area contributed by atoms with E-state index < -0.39 is 17.4 Å². The Morgan fingerprint density at radius 2 is 1.59 bits per heavy atom. The highest BCUT2D eigenvalue weighted by atomic mass is 16.3. The lowest BCUT2D eigenvalue weighted by atomic mass is 10.2. The van der Waals surface area contributed by atoms with Gasteiger partial charge >= 0.3 is 5.69 Å². The first kappa shape index (κ1) is 19.7. The highest BCUT2D eigenvalue weighted by Crippen LogP contribution is 2.09. The lowest BCUT2D eigenvalue weighted by Crippen LogP contribution is -2.50. The summed E-state index contributed by atoms with van der Waals surface area (Å²) in [7, 11) is 3.01. The average molecular weight is 380 g/mol. The first-order chi connectivity index (χ1) is 12.8. The van der Waals surface area contributed by atoms with Gasteiger partial charge in [0.1, 0.15) is 0 Å². The van der Waals surface area contributed by atoms with Gasteiger partial charge in [-0.2, -0.15) is 0 Å². The molecule has 3 rings (SSSR count). The van der Waals surface area contributed by atoms with Crippen molar-refractivity contribution in [3.8, 4) is 0 Å². The molecule has 10 nitrogen and oxygen atoms in total. The topological polar surface area (TPSA) is 109 Å². The van der Waals surface area contributed by atoms with Crippen LogP contribution in [0.5, 0.6) is 0 Å². The molecular formula is C17H28N6O4. The maximum atomic E-state index is 12.4. The summed E-state index contributed by atoms with van der Waals surface area (Å²) in [6.07, 6.45) is 0.498. The number of aromatic nitrogens is 4. The van der Waals surface area contributed by atoms with Crippen molar-refractivity contribution in [3.05, 3.63) is 27.2 Å². The van der Waals surface area contributed by atoms with Gasteiger partial charge in [-0.05, 0) is 6.92 Å². The Balaban J connectivity index is 1.66. The Kier molecular flexibility index (Phi) is 5.80. The Bertz CT molecular complexity index is 907. The minimum atomic E-state index is -0.660. The first-order valence-electron chi connectivity index (χ1n) is 9.19. The van der Waals surface area contributed by atoms with E-state index in [2.05, 4.69) is 14.8 Å². The minimum Gasteiger partial charge on any atom is -0.392 e. The molecule has 2 unspecified atom stereocenters. The van der Waals surface area contributed by atoms with Crippen LogP contribution in [0.2, 0.25) is 0 Å². The molecule has 1 fully saturated rings. The van der Waals surface area contributed by atoms with E-state index in [1.807, 2.05) is 0 Å². The number of rotatable bonds is 6. The Hall–Kier alpha value is -2.01. The molecule has 27 heavy (non-hydrogen) atoms. The third-order valence-corrected chi connectivity index (χ3v) is 5.08. The summed E-state index contributed by atoms with van der Waals surface area (Å²) in [5.74, 6) is 0. The van der Waals surface area contributed by atoms with Crippen LogP contribution in [0.4, 0.5) is 0 Å². The largest absolute Gasteiger partial charge is 0.392 e. The van der Waals surface area contributed by atoms with Crippen LogP contribution in [0.3, 0.4) is 0 Å². The fraction of sp³-hybridized carbons (Fsp3) is 0.706. The molecule has 1 saturated heterocycles. The normalized spacial score (nSPS) is 18.9. The molecule has 10 heteroatoms. The zero-order valence-corrected chi connectivity index (χ0v) is 16.1. The van der Waals surface area contributed by atoms with E-state index in [4.69, 9.17) is 0 Å². The van der Waals surface area contributed by atoms with Crippen LogP contribution in [0.1, 0.15) is 6.92 Å². The molecule has 2 aromatic heterocycles. The number of hydrogen-bond donors (Lipinski definition) is 2. The Morgan fingerprint density at radius 1 is 1.00 bits per heavy atom. The summed E-state index contributed by atoms with van der Waals surface area (Å²) in [5.41, 5.74) is -0.194. The summed E-state index contributed by atoms with van der Waals surface area (Å²) in [5, 5.41) is 20.0. The molecule has 1 aliphatic rings. The maximum absolute atomic E-state index is 12.4. The van der Waals surface area contributed by atoms with E-state index in [9.17, 15) is 19.8 Å². The Morgan fingerprint density at radius 3 is 2.19 bits per heavy atom. The van der Waals surface area contributed by atoms with Gasteiger partial charge in [-0.3, -0.25) is 23.7 Å². The highest BCUT2D eigenvalue weighted by Gasteiger charge is 2.21. The van der Waals surface area contributed by atoms with Crippen molar-refractivity contribution in [1.29, 1.82) is 0 Å². The SMILES string of the molecule is CC(O)CN1CCN(CC(O)Cn2cnc3c2c(=O)n(C)c(=O)n3C)CC1. The van der Waals surface area contributed by atoms with Crippen LogP contribution in [0.15, 0.2) is 15.9 Å². The maximum Gasteiger partial charge on any atom is 0.332 e. The van der Waals surface area contributed by atoms with Crippen molar-refractivity contribution < 1.29 is 10.2 Å². The van der Waals surface area contributed by atoms with Crippen molar-refractivity contribution in [3.63, 3.8) is 0 Å². The van der Waals surface area contributed by atoms with E-state index >= 15 is 0 Å². The van der Waals surface area contributed by atoms with E-state index in [0.717, 1.165) is 30.7 Å².